The molecule has 0 saturated carbocycles. The number of carbonyl (C=O) groups is 1. The molecule has 1 unspecified atom stereocenters. The van der Waals surface area contributed by atoms with Crippen molar-refractivity contribution in [1.29, 1.82) is 0 Å². The number of hydrogen-bond donors (Lipinski definition) is 1. The summed E-state index contributed by atoms with van der Waals surface area (Å²) in [4.78, 5) is 24.0. The number of carbonyl (C=O) groups excluding carboxylic acids is 1. The van der Waals surface area contributed by atoms with Gasteiger partial charge in [-0.1, -0.05) is 18.2 Å². The molecule has 6 nitrogen and oxygen atoms in total. The number of benzene rings is 2. The first-order valence-corrected chi connectivity index (χ1v) is 7.37. The molecule has 0 fully saturated rings. The molecule has 0 aliphatic carbocycles. The number of nitro benzene ring substituents is 1. The van der Waals surface area contributed by atoms with Crippen LogP contribution in [0.2, 0.25) is 0 Å². The minimum Gasteiger partial charge on any atom is -0.306 e. The molecule has 1 aliphatic heterocycles. The SMILES string of the molecule is O=C1NC(C(F)F)=CC(c2ccc([N+](=O)[O-])cc2)N1c1ccccc1. The first-order valence-electron chi connectivity index (χ1n) is 7.37. The van der Waals surface area contributed by atoms with E-state index < -0.39 is 29.1 Å². The van der Waals surface area contributed by atoms with Crippen molar-refractivity contribution in [3.05, 3.63) is 82.0 Å². The zero-order chi connectivity index (χ0) is 18.0. The first-order chi connectivity index (χ1) is 12.0. The van der Waals surface area contributed by atoms with Gasteiger partial charge < -0.3 is 5.32 Å². The van der Waals surface area contributed by atoms with E-state index in [2.05, 4.69) is 5.32 Å². The van der Waals surface area contributed by atoms with Gasteiger partial charge in [-0.15, -0.1) is 0 Å². The van der Waals surface area contributed by atoms with Crippen LogP contribution in [0.3, 0.4) is 0 Å². The summed E-state index contributed by atoms with van der Waals surface area (Å²) in [7, 11) is 0. The van der Waals surface area contributed by atoms with Crippen LogP contribution in [0.1, 0.15) is 11.6 Å². The molecule has 1 heterocycles. The van der Waals surface area contributed by atoms with Crippen LogP contribution in [0.25, 0.3) is 0 Å². The summed E-state index contributed by atoms with van der Waals surface area (Å²) in [5.41, 5.74) is 0.407. The molecule has 2 aromatic rings. The van der Waals surface area contributed by atoms with E-state index in [4.69, 9.17) is 0 Å². The van der Waals surface area contributed by atoms with Crippen molar-refractivity contribution in [2.75, 3.05) is 4.90 Å². The van der Waals surface area contributed by atoms with Gasteiger partial charge in [-0.25, -0.2) is 13.6 Å². The predicted octanol–water partition coefficient (Wildman–Crippen LogP) is 4.01. The van der Waals surface area contributed by atoms with Crippen molar-refractivity contribution in [3.8, 4) is 0 Å². The Morgan fingerprint density at radius 1 is 1.08 bits per heavy atom. The molecule has 128 valence electrons. The summed E-state index contributed by atoms with van der Waals surface area (Å²) in [6.07, 6.45) is -1.58. The summed E-state index contributed by atoms with van der Waals surface area (Å²) < 4.78 is 26.2. The number of anilines is 1. The monoisotopic (exact) mass is 345 g/mol. The van der Waals surface area contributed by atoms with Gasteiger partial charge in [0.05, 0.1) is 16.7 Å². The molecule has 2 aromatic carbocycles. The molecule has 0 saturated heterocycles. The normalized spacial score (nSPS) is 17.2. The Morgan fingerprint density at radius 3 is 2.28 bits per heavy atom. The van der Waals surface area contributed by atoms with Gasteiger partial charge >= 0.3 is 6.03 Å². The molecule has 25 heavy (non-hydrogen) atoms. The molecule has 0 spiro atoms. The fourth-order valence-corrected chi connectivity index (χ4v) is 2.63. The summed E-state index contributed by atoms with van der Waals surface area (Å²) >= 11 is 0. The van der Waals surface area contributed by atoms with Gasteiger partial charge in [0.2, 0.25) is 0 Å². The van der Waals surface area contributed by atoms with Gasteiger partial charge in [0.25, 0.3) is 12.1 Å². The molecular weight excluding hydrogens is 332 g/mol. The van der Waals surface area contributed by atoms with E-state index in [9.17, 15) is 23.7 Å². The van der Waals surface area contributed by atoms with Gasteiger partial charge in [-0.2, -0.15) is 0 Å². The van der Waals surface area contributed by atoms with Crippen LogP contribution in [-0.4, -0.2) is 17.4 Å². The summed E-state index contributed by atoms with van der Waals surface area (Å²) in [5.74, 6) is 0. The molecule has 3 rings (SSSR count). The van der Waals surface area contributed by atoms with E-state index in [1.165, 1.54) is 35.2 Å². The predicted molar refractivity (Wildman–Crippen MR) is 87.4 cm³/mol. The number of para-hydroxylation sites is 1. The maximum Gasteiger partial charge on any atom is 0.327 e. The lowest BCUT2D eigenvalue weighted by Crippen LogP contribution is -2.46. The molecule has 1 N–H and O–H groups in total. The Balaban J connectivity index is 2.07. The highest BCUT2D eigenvalue weighted by molar-refractivity contribution is 5.95. The molecule has 0 aromatic heterocycles. The molecule has 1 atom stereocenters. The quantitative estimate of drug-likeness (QED) is 0.672. The van der Waals surface area contributed by atoms with E-state index in [0.29, 0.717) is 11.3 Å². The average molecular weight is 345 g/mol. The van der Waals surface area contributed by atoms with Crippen molar-refractivity contribution in [2.24, 2.45) is 0 Å². The van der Waals surface area contributed by atoms with Crippen molar-refractivity contribution in [3.63, 3.8) is 0 Å². The maximum absolute atomic E-state index is 13.1. The third kappa shape index (κ3) is 3.32. The zero-order valence-corrected chi connectivity index (χ0v) is 12.8. The number of non-ortho nitro benzene ring substituents is 1. The third-order valence-corrected chi connectivity index (χ3v) is 3.80. The van der Waals surface area contributed by atoms with Gasteiger partial charge in [-0.05, 0) is 35.9 Å². The number of halogens is 2. The van der Waals surface area contributed by atoms with Crippen LogP contribution in [0, 0.1) is 10.1 Å². The van der Waals surface area contributed by atoms with E-state index >= 15 is 0 Å². The van der Waals surface area contributed by atoms with Crippen LogP contribution in [0.4, 0.5) is 25.0 Å². The van der Waals surface area contributed by atoms with Crippen molar-refractivity contribution < 1.29 is 18.5 Å². The topological polar surface area (TPSA) is 75.5 Å². The number of allylic oxidation sites excluding steroid dienone is 1. The van der Waals surface area contributed by atoms with Gasteiger partial charge in [0, 0.05) is 17.8 Å². The van der Waals surface area contributed by atoms with Crippen molar-refractivity contribution >= 4 is 17.4 Å². The second-order valence-electron chi connectivity index (χ2n) is 5.35. The number of urea groups is 1. The van der Waals surface area contributed by atoms with Gasteiger partial charge in [0.1, 0.15) is 0 Å². The number of nitrogens with zero attached hydrogens (tertiary/aromatic N) is 2. The van der Waals surface area contributed by atoms with Crippen molar-refractivity contribution in [2.45, 2.75) is 12.5 Å². The van der Waals surface area contributed by atoms with E-state index in [1.54, 1.807) is 30.3 Å². The lowest BCUT2D eigenvalue weighted by atomic mass is 10.0. The molecule has 1 aliphatic rings. The maximum atomic E-state index is 13.1. The lowest BCUT2D eigenvalue weighted by molar-refractivity contribution is -0.384. The first kappa shape index (κ1) is 16.6. The van der Waals surface area contributed by atoms with E-state index in [0.717, 1.165) is 0 Å². The van der Waals surface area contributed by atoms with Crippen molar-refractivity contribution in [1.82, 2.24) is 5.32 Å². The fraction of sp³-hybridized carbons (Fsp3) is 0.118. The van der Waals surface area contributed by atoms with Crippen LogP contribution < -0.4 is 10.2 Å². The van der Waals surface area contributed by atoms with Crippen LogP contribution in [0.15, 0.2) is 66.4 Å². The second-order valence-corrected chi connectivity index (χ2v) is 5.35. The highest BCUT2D eigenvalue weighted by Crippen LogP contribution is 2.33. The highest BCUT2D eigenvalue weighted by Gasteiger charge is 2.33. The third-order valence-electron chi connectivity index (χ3n) is 3.80. The number of hydrogen-bond acceptors (Lipinski definition) is 3. The number of nitrogens with one attached hydrogen (secondary N) is 1. The van der Waals surface area contributed by atoms with E-state index in [-0.39, 0.29) is 5.69 Å². The zero-order valence-electron chi connectivity index (χ0n) is 12.8. The fourth-order valence-electron chi connectivity index (χ4n) is 2.63. The molecule has 0 radical (unpaired) electrons. The molecule has 2 amide bonds. The number of nitro groups is 1. The lowest BCUT2D eigenvalue weighted by Gasteiger charge is -2.35. The van der Waals surface area contributed by atoms with Crippen LogP contribution in [-0.2, 0) is 0 Å². The Hall–Kier alpha value is -3.29. The average Bonchev–Trinajstić information content (AvgIpc) is 2.61. The minimum atomic E-state index is -2.83. The van der Waals surface area contributed by atoms with Gasteiger partial charge in [-0.3, -0.25) is 15.0 Å². The minimum absolute atomic E-state index is 0.117. The second kappa shape index (κ2) is 6.68. The summed E-state index contributed by atoms with van der Waals surface area (Å²) in [6, 6.07) is 12.6. The Kier molecular flexibility index (Phi) is 4.42. The highest BCUT2D eigenvalue weighted by atomic mass is 19.3. The van der Waals surface area contributed by atoms with E-state index in [1.807, 2.05) is 0 Å². The number of alkyl halides is 2. The smallest absolute Gasteiger partial charge is 0.306 e. The molecule has 0 bridgehead atoms. The van der Waals surface area contributed by atoms with Crippen LogP contribution >= 0.6 is 0 Å². The number of amides is 2. The Labute approximate surface area is 141 Å². The van der Waals surface area contributed by atoms with Crippen LogP contribution in [0.5, 0.6) is 0 Å². The largest absolute Gasteiger partial charge is 0.327 e. The standard InChI is InChI=1S/C17H13F2N3O3/c18-16(19)14-10-15(11-6-8-13(9-7-11)22(24)25)21(17(23)20-14)12-4-2-1-3-5-12/h1-10,15-16H,(H,20,23). The molecular formula is C17H13F2N3O3. The summed E-state index contributed by atoms with van der Waals surface area (Å²) in [6.45, 7) is 0. The number of rotatable bonds is 4. The molecule has 8 heteroatoms. The summed E-state index contributed by atoms with van der Waals surface area (Å²) in [5, 5.41) is 13.0. The Morgan fingerprint density at radius 2 is 1.72 bits per heavy atom. The van der Waals surface area contributed by atoms with Gasteiger partial charge in [0.15, 0.2) is 0 Å². The Bertz CT molecular complexity index is 823.